The van der Waals surface area contributed by atoms with E-state index in [0.717, 1.165) is 18.8 Å². The van der Waals surface area contributed by atoms with Crippen LogP contribution >= 0.6 is 0 Å². The molecule has 0 bridgehead atoms. The fourth-order valence-electron chi connectivity index (χ4n) is 1.99. The number of aliphatic hydroxyl groups is 1. The number of hydrogen-bond donors (Lipinski definition) is 2. The maximum Gasteiger partial charge on any atom is 0.0587 e. The van der Waals surface area contributed by atoms with Crippen molar-refractivity contribution in [3.05, 3.63) is 0 Å². The van der Waals surface area contributed by atoms with Gasteiger partial charge in [0.15, 0.2) is 0 Å². The van der Waals surface area contributed by atoms with Crippen molar-refractivity contribution in [2.45, 2.75) is 72.4 Å². The summed E-state index contributed by atoms with van der Waals surface area (Å²) in [5.74, 6) is 1.32. The largest absolute Gasteiger partial charge is 0.395 e. The molecule has 2 N–H and O–H groups in total. The van der Waals surface area contributed by atoms with Crippen LogP contribution in [0.2, 0.25) is 0 Å². The van der Waals surface area contributed by atoms with Crippen LogP contribution in [-0.4, -0.2) is 23.8 Å². The molecule has 2 heteroatoms. The molecule has 0 aliphatic rings. The highest BCUT2D eigenvalue weighted by atomic mass is 16.3. The fraction of sp³-hybridized carbons (Fsp3) is 1.00. The van der Waals surface area contributed by atoms with E-state index >= 15 is 0 Å². The Balaban J connectivity index is 4.16. The second-order valence-corrected chi connectivity index (χ2v) is 5.20. The highest BCUT2D eigenvalue weighted by Gasteiger charge is 2.19. The minimum atomic E-state index is 0.256. The number of hydrogen-bond acceptors (Lipinski definition) is 2. The average Bonchev–Trinajstić information content (AvgIpc) is 2.32. The Hall–Kier alpha value is -0.0800. The van der Waals surface area contributed by atoms with Crippen LogP contribution in [-0.2, 0) is 0 Å². The Morgan fingerprint density at radius 3 is 2.00 bits per heavy atom. The highest BCUT2D eigenvalue weighted by molar-refractivity contribution is 4.77. The lowest BCUT2D eigenvalue weighted by Crippen LogP contribution is -2.44. The molecule has 0 heterocycles. The zero-order chi connectivity index (χ0) is 12.6. The molecule has 0 aliphatic heterocycles. The maximum absolute atomic E-state index is 9.40. The zero-order valence-corrected chi connectivity index (χ0v) is 11.8. The molecule has 16 heavy (non-hydrogen) atoms. The Bertz CT molecular complexity index is 161. The standard InChI is InChI=1S/C14H31NO/c1-6-11(4)9-13(8-3)15-14(10-16)12(5)7-2/h11-16H,6-10H2,1-5H3. The van der Waals surface area contributed by atoms with Crippen LogP contribution in [0.4, 0.5) is 0 Å². The smallest absolute Gasteiger partial charge is 0.0587 e. The van der Waals surface area contributed by atoms with Gasteiger partial charge in [-0.15, -0.1) is 0 Å². The second kappa shape index (κ2) is 9.00. The molecule has 4 atom stereocenters. The van der Waals surface area contributed by atoms with Gasteiger partial charge in [-0.2, -0.15) is 0 Å². The summed E-state index contributed by atoms with van der Waals surface area (Å²) in [6.07, 6.45) is 4.74. The van der Waals surface area contributed by atoms with Gasteiger partial charge < -0.3 is 10.4 Å². The topological polar surface area (TPSA) is 32.3 Å². The van der Waals surface area contributed by atoms with Crippen molar-refractivity contribution in [2.24, 2.45) is 11.8 Å². The number of aliphatic hydroxyl groups excluding tert-OH is 1. The minimum absolute atomic E-state index is 0.256. The van der Waals surface area contributed by atoms with Gasteiger partial charge in [0.1, 0.15) is 0 Å². The summed E-state index contributed by atoms with van der Waals surface area (Å²) in [7, 11) is 0. The van der Waals surface area contributed by atoms with E-state index < -0.39 is 0 Å². The highest BCUT2D eigenvalue weighted by Crippen LogP contribution is 2.15. The lowest BCUT2D eigenvalue weighted by Gasteiger charge is -2.29. The van der Waals surface area contributed by atoms with E-state index in [2.05, 4.69) is 39.9 Å². The number of nitrogens with one attached hydrogen (secondary N) is 1. The molecule has 4 unspecified atom stereocenters. The second-order valence-electron chi connectivity index (χ2n) is 5.20. The molecule has 0 radical (unpaired) electrons. The van der Waals surface area contributed by atoms with Crippen LogP contribution in [0, 0.1) is 11.8 Å². The van der Waals surface area contributed by atoms with E-state index in [4.69, 9.17) is 0 Å². The normalized spacial score (nSPS) is 19.1. The molecule has 0 amide bonds. The van der Waals surface area contributed by atoms with Gasteiger partial charge in [0.2, 0.25) is 0 Å². The molecular formula is C14H31NO. The Morgan fingerprint density at radius 2 is 1.62 bits per heavy atom. The van der Waals surface area contributed by atoms with Crippen LogP contribution in [0.15, 0.2) is 0 Å². The third kappa shape index (κ3) is 5.86. The van der Waals surface area contributed by atoms with Crippen molar-refractivity contribution in [3.63, 3.8) is 0 Å². The van der Waals surface area contributed by atoms with Crippen LogP contribution in [0.1, 0.15) is 60.3 Å². The first-order chi connectivity index (χ1) is 7.58. The van der Waals surface area contributed by atoms with E-state index in [0.29, 0.717) is 12.0 Å². The van der Waals surface area contributed by atoms with Gasteiger partial charge in [0.25, 0.3) is 0 Å². The molecule has 0 aromatic rings. The van der Waals surface area contributed by atoms with Crippen molar-refractivity contribution in [1.82, 2.24) is 5.32 Å². The summed E-state index contributed by atoms with van der Waals surface area (Å²) in [6, 6.07) is 0.820. The Kier molecular flexibility index (Phi) is 8.96. The van der Waals surface area contributed by atoms with Gasteiger partial charge in [-0.05, 0) is 24.7 Å². The van der Waals surface area contributed by atoms with Crippen LogP contribution < -0.4 is 5.32 Å². The summed E-state index contributed by atoms with van der Waals surface area (Å²) in [6.45, 7) is 11.4. The van der Waals surface area contributed by atoms with Crippen LogP contribution in [0.3, 0.4) is 0 Å². The summed E-state index contributed by atoms with van der Waals surface area (Å²) >= 11 is 0. The first-order valence-electron chi connectivity index (χ1n) is 6.95. The number of rotatable bonds is 9. The third-order valence-electron chi connectivity index (χ3n) is 3.85. The summed E-state index contributed by atoms with van der Waals surface area (Å²) in [5.41, 5.74) is 0. The molecule has 0 aromatic heterocycles. The van der Waals surface area contributed by atoms with Crippen molar-refractivity contribution in [3.8, 4) is 0 Å². The molecule has 2 nitrogen and oxygen atoms in total. The Morgan fingerprint density at radius 1 is 1.00 bits per heavy atom. The molecule has 98 valence electrons. The van der Waals surface area contributed by atoms with Crippen LogP contribution in [0.25, 0.3) is 0 Å². The van der Waals surface area contributed by atoms with E-state index in [-0.39, 0.29) is 12.6 Å². The molecule has 0 rings (SSSR count). The molecule has 0 aromatic carbocycles. The third-order valence-corrected chi connectivity index (χ3v) is 3.85. The lowest BCUT2D eigenvalue weighted by molar-refractivity contribution is 0.182. The van der Waals surface area contributed by atoms with Crippen molar-refractivity contribution in [2.75, 3.05) is 6.61 Å². The SMILES string of the molecule is CCC(C)CC(CC)NC(CO)C(C)CC. The summed E-state index contributed by atoms with van der Waals surface area (Å²) < 4.78 is 0. The van der Waals surface area contributed by atoms with Gasteiger partial charge in [-0.1, -0.05) is 47.5 Å². The predicted octanol–water partition coefficient (Wildman–Crippen LogP) is 3.20. The van der Waals surface area contributed by atoms with Crippen molar-refractivity contribution in [1.29, 1.82) is 0 Å². The summed E-state index contributed by atoms with van der Waals surface area (Å²) in [5, 5.41) is 13.0. The van der Waals surface area contributed by atoms with Crippen molar-refractivity contribution < 1.29 is 5.11 Å². The molecule has 0 fully saturated rings. The first-order valence-corrected chi connectivity index (χ1v) is 6.95. The zero-order valence-electron chi connectivity index (χ0n) is 11.8. The van der Waals surface area contributed by atoms with E-state index in [1.807, 2.05) is 0 Å². The lowest BCUT2D eigenvalue weighted by atomic mass is 9.94. The molecular weight excluding hydrogens is 198 g/mol. The summed E-state index contributed by atoms with van der Waals surface area (Å²) in [4.78, 5) is 0. The monoisotopic (exact) mass is 229 g/mol. The maximum atomic E-state index is 9.40. The quantitative estimate of drug-likeness (QED) is 0.636. The van der Waals surface area contributed by atoms with Crippen molar-refractivity contribution >= 4 is 0 Å². The minimum Gasteiger partial charge on any atom is -0.395 e. The van der Waals surface area contributed by atoms with Gasteiger partial charge in [-0.3, -0.25) is 0 Å². The molecule has 0 aliphatic carbocycles. The van der Waals surface area contributed by atoms with Gasteiger partial charge in [0.05, 0.1) is 6.61 Å². The van der Waals surface area contributed by atoms with Gasteiger partial charge >= 0.3 is 0 Å². The fourth-order valence-corrected chi connectivity index (χ4v) is 1.99. The van der Waals surface area contributed by atoms with E-state index in [1.54, 1.807) is 0 Å². The molecule has 0 spiro atoms. The van der Waals surface area contributed by atoms with Crippen LogP contribution in [0.5, 0.6) is 0 Å². The van der Waals surface area contributed by atoms with Gasteiger partial charge in [0, 0.05) is 12.1 Å². The first kappa shape index (κ1) is 15.9. The molecule has 0 saturated heterocycles. The average molecular weight is 229 g/mol. The predicted molar refractivity (Wildman–Crippen MR) is 71.6 cm³/mol. The van der Waals surface area contributed by atoms with Gasteiger partial charge in [-0.25, -0.2) is 0 Å². The van der Waals surface area contributed by atoms with E-state index in [9.17, 15) is 5.11 Å². The van der Waals surface area contributed by atoms with E-state index in [1.165, 1.54) is 12.8 Å². The Labute approximate surface area is 102 Å². The molecule has 0 saturated carbocycles.